The van der Waals surface area contributed by atoms with Gasteiger partial charge in [-0.3, -0.25) is 0 Å². The van der Waals surface area contributed by atoms with E-state index in [1.54, 1.807) is 10.6 Å². The topological polar surface area (TPSA) is 72.5 Å². The summed E-state index contributed by atoms with van der Waals surface area (Å²) in [6, 6.07) is 5.55. The number of aliphatic hydroxyl groups excluding tert-OH is 1. The number of aromatic nitrogens is 4. The normalized spacial score (nSPS) is 11.0. The fourth-order valence-corrected chi connectivity index (χ4v) is 2.81. The van der Waals surface area contributed by atoms with Crippen LogP contribution in [0.1, 0.15) is 24.0 Å². The average Bonchev–Trinajstić information content (AvgIpc) is 2.87. The minimum absolute atomic E-state index is 0.137. The van der Waals surface area contributed by atoms with Crippen LogP contribution in [0.15, 0.2) is 24.8 Å². The summed E-state index contributed by atoms with van der Waals surface area (Å²) in [7, 11) is 0. The van der Waals surface area contributed by atoms with Crippen LogP contribution in [-0.4, -0.2) is 31.5 Å². The van der Waals surface area contributed by atoms with E-state index in [0.29, 0.717) is 34.4 Å². The first kappa shape index (κ1) is 16.3. The van der Waals surface area contributed by atoms with E-state index < -0.39 is 0 Å². The standard InChI is InChI=1S/C17H17ClN4O2/c1-5-24-14-8-12(6-7-13(14)18)15-9(2)21-22-10(3)16(11(4)23)19-20-17(15)22/h6-8,23H,4-5H2,1-3H3. The molecule has 0 aliphatic heterocycles. The minimum atomic E-state index is -0.137. The van der Waals surface area contributed by atoms with Gasteiger partial charge in [-0.2, -0.15) is 5.10 Å². The Morgan fingerprint density at radius 2 is 2.08 bits per heavy atom. The smallest absolute Gasteiger partial charge is 0.185 e. The third kappa shape index (κ3) is 2.59. The Morgan fingerprint density at radius 1 is 1.33 bits per heavy atom. The Labute approximate surface area is 144 Å². The maximum absolute atomic E-state index is 9.61. The first-order chi connectivity index (χ1) is 11.4. The van der Waals surface area contributed by atoms with E-state index in [0.717, 1.165) is 16.8 Å². The summed E-state index contributed by atoms with van der Waals surface area (Å²) in [5, 5.41) is 23.0. The molecule has 0 aliphatic rings. The zero-order valence-electron chi connectivity index (χ0n) is 13.7. The Kier molecular flexibility index (Phi) is 4.15. The highest BCUT2D eigenvalue weighted by molar-refractivity contribution is 6.32. The van der Waals surface area contributed by atoms with Crippen molar-refractivity contribution >= 4 is 23.0 Å². The van der Waals surface area contributed by atoms with Crippen molar-refractivity contribution in [3.05, 3.63) is 46.9 Å². The lowest BCUT2D eigenvalue weighted by Crippen LogP contribution is -2.04. The van der Waals surface area contributed by atoms with Crippen molar-refractivity contribution in [1.29, 1.82) is 0 Å². The molecule has 6 nitrogen and oxygen atoms in total. The van der Waals surface area contributed by atoms with Gasteiger partial charge in [-0.15, -0.1) is 10.2 Å². The molecule has 0 spiro atoms. The highest BCUT2D eigenvalue weighted by Gasteiger charge is 2.18. The number of aryl methyl sites for hydroxylation is 2. The van der Waals surface area contributed by atoms with E-state index in [9.17, 15) is 5.11 Å². The lowest BCUT2D eigenvalue weighted by atomic mass is 10.1. The first-order valence-electron chi connectivity index (χ1n) is 7.47. The summed E-state index contributed by atoms with van der Waals surface area (Å²) >= 11 is 6.16. The van der Waals surface area contributed by atoms with Crippen molar-refractivity contribution in [3.8, 4) is 16.9 Å². The molecule has 0 aliphatic carbocycles. The second-order valence-electron chi connectivity index (χ2n) is 5.35. The average molecular weight is 345 g/mol. The number of hydrogen-bond donors (Lipinski definition) is 1. The second kappa shape index (κ2) is 6.13. The number of aliphatic hydroxyl groups is 1. The molecule has 0 unspecified atom stereocenters. The minimum Gasteiger partial charge on any atom is -0.506 e. The highest BCUT2D eigenvalue weighted by Crippen LogP contribution is 2.34. The Morgan fingerprint density at radius 3 is 2.75 bits per heavy atom. The third-order valence-corrected chi connectivity index (χ3v) is 4.05. The van der Waals surface area contributed by atoms with Crippen molar-refractivity contribution in [1.82, 2.24) is 19.8 Å². The van der Waals surface area contributed by atoms with E-state index in [4.69, 9.17) is 16.3 Å². The largest absolute Gasteiger partial charge is 0.506 e. The molecule has 3 aromatic rings. The van der Waals surface area contributed by atoms with Crippen LogP contribution in [0.5, 0.6) is 5.75 Å². The molecule has 0 radical (unpaired) electrons. The van der Waals surface area contributed by atoms with Crippen LogP contribution in [0, 0.1) is 13.8 Å². The van der Waals surface area contributed by atoms with E-state index in [1.165, 1.54) is 0 Å². The highest BCUT2D eigenvalue weighted by atomic mass is 35.5. The molecule has 3 rings (SSSR count). The van der Waals surface area contributed by atoms with E-state index in [-0.39, 0.29) is 5.76 Å². The maximum atomic E-state index is 9.61. The molecule has 0 atom stereocenters. The molecule has 24 heavy (non-hydrogen) atoms. The van der Waals surface area contributed by atoms with E-state index in [1.807, 2.05) is 32.9 Å². The van der Waals surface area contributed by atoms with Gasteiger partial charge in [-0.25, -0.2) is 4.52 Å². The lowest BCUT2D eigenvalue weighted by molar-refractivity contribution is 0.340. The van der Waals surface area contributed by atoms with Crippen molar-refractivity contribution < 1.29 is 9.84 Å². The van der Waals surface area contributed by atoms with Crippen molar-refractivity contribution in [3.63, 3.8) is 0 Å². The SMILES string of the molecule is C=C(O)c1nnc2c(-c3ccc(Cl)c(OCC)c3)c(C)nn2c1C. The van der Waals surface area contributed by atoms with Gasteiger partial charge in [0.25, 0.3) is 0 Å². The Hall–Kier alpha value is -2.60. The van der Waals surface area contributed by atoms with Gasteiger partial charge in [-0.1, -0.05) is 24.2 Å². The summed E-state index contributed by atoms with van der Waals surface area (Å²) in [5.74, 6) is 0.474. The van der Waals surface area contributed by atoms with Gasteiger partial charge in [0, 0.05) is 0 Å². The molecule has 0 saturated carbocycles. The number of nitrogens with zero attached hydrogens (tertiary/aromatic N) is 4. The number of benzene rings is 1. The monoisotopic (exact) mass is 344 g/mol. The third-order valence-electron chi connectivity index (χ3n) is 3.73. The summed E-state index contributed by atoms with van der Waals surface area (Å²) in [6.45, 7) is 9.64. The second-order valence-corrected chi connectivity index (χ2v) is 5.76. The summed E-state index contributed by atoms with van der Waals surface area (Å²) < 4.78 is 7.22. The van der Waals surface area contributed by atoms with Gasteiger partial charge in [0.15, 0.2) is 5.65 Å². The lowest BCUT2D eigenvalue weighted by Gasteiger charge is -2.08. The van der Waals surface area contributed by atoms with Crippen LogP contribution >= 0.6 is 11.6 Å². The van der Waals surface area contributed by atoms with E-state index in [2.05, 4.69) is 21.9 Å². The molecule has 0 amide bonds. The van der Waals surface area contributed by atoms with Crippen LogP contribution in [0.3, 0.4) is 0 Å². The van der Waals surface area contributed by atoms with Crippen LogP contribution < -0.4 is 4.74 Å². The molecular formula is C17H17ClN4O2. The molecule has 0 fully saturated rings. The van der Waals surface area contributed by atoms with Crippen LogP contribution in [0.2, 0.25) is 5.02 Å². The Balaban J connectivity index is 2.24. The number of rotatable bonds is 4. The van der Waals surface area contributed by atoms with Gasteiger partial charge in [0.05, 0.1) is 28.6 Å². The molecule has 0 bridgehead atoms. The molecule has 2 aromatic heterocycles. The molecule has 1 aromatic carbocycles. The number of ether oxygens (including phenoxy) is 1. The number of halogens is 1. The quantitative estimate of drug-likeness (QED) is 0.724. The zero-order chi connectivity index (χ0) is 17.4. The van der Waals surface area contributed by atoms with Crippen molar-refractivity contribution in [2.75, 3.05) is 6.61 Å². The summed E-state index contributed by atoms with van der Waals surface area (Å²) in [5.41, 5.74) is 4.11. The van der Waals surface area contributed by atoms with Gasteiger partial charge in [0.1, 0.15) is 17.2 Å². The number of hydrogen-bond acceptors (Lipinski definition) is 5. The maximum Gasteiger partial charge on any atom is 0.185 e. The predicted molar refractivity (Wildman–Crippen MR) is 93.5 cm³/mol. The van der Waals surface area contributed by atoms with Crippen molar-refractivity contribution in [2.24, 2.45) is 0 Å². The van der Waals surface area contributed by atoms with Crippen LogP contribution in [0.25, 0.3) is 22.5 Å². The van der Waals surface area contributed by atoms with Gasteiger partial charge in [-0.05, 0) is 38.5 Å². The predicted octanol–water partition coefficient (Wildman–Crippen LogP) is 3.99. The molecule has 7 heteroatoms. The summed E-state index contributed by atoms with van der Waals surface area (Å²) in [4.78, 5) is 0. The fourth-order valence-electron chi connectivity index (χ4n) is 2.64. The zero-order valence-corrected chi connectivity index (χ0v) is 14.4. The molecule has 124 valence electrons. The first-order valence-corrected chi connectivity index (χ1v) is 7.85. The van der Waals surface area contributed by atoms with Gasteiger partial charge >= 0.3 is 0 Å². The van der Waals surface area contributed by atoms with Gasteiger partial charge in [0.2, 0.25) is 0 Å². The van der Waals surface area contributed by atoms with Crippen LogP contribution in [0.4, 0.5) is 0 Å². The fraction of sp³-hybridized carbons (Fsp3) is 0.235. The molecule has 1 N–H and O–H groups in total. The van der Waals surface area contributed by atoms with Gasteiger partial charge < -0.3 is 9.84 Å². The van der Waals surface area contributed by atoms with E-state index >= 15 is 0 Å². The van der Waals surface area contributed by atoms with Crippen LogP contribution in [-0.2, 0) is 0 Å². The number of fused-ring (bicyclic) bond motifs is 1. The Bertz CT molecular complexity index is 949. The molecule has 0 saturated heterocycles. The van der Waals surface area contributed by atoms with Crippen molar-refractivity contribution in [2.45, 2.75) is 20.8 Å². The molecular weight excluding hydrogens is 328 g/mol. The molecule has 2 heterocycles. The summed E-state index contributed by atoms with van der Waals surface area (Å²) in [6.07, 6.45) is 0.